The van der Waals surface area contributed by atoms with Gasteiger partial charge in [0.05, 0.1) is 11.0 Å². The topological polar surface area (TPSA) is 30.9 Å². The summed E-state index contributed by atoms with van der Waals surface area (Å²) < 4.78 is 1.86. The van der Waals surface area contributed by atoms with Gasteiger partial charge < -0.3 is 5.84 Å². The van der Waals surface area contributed by atoms with Crippen molar-refractivity contribution in [2.45, 2.75) is 0 Å². The summed E-state index contributed by atoms with van der Waals surface area (Å²) in [5, 5.41) is 2.33. The van der Waals surface area contributed by atoms with Crippen LogP contribution in [0.25, 0.3) is 55.2 Å². The van der Waals surface area contributed by atoms with Crippen molar-refractivity contribution >= 4 is 21.8 Å². The standard InChI is InChI=1S/C30H22N2/c31-32-27-19-11-10-18-24(27)26-20-25(21-12-4-1-5-13-21)28(22-14-6-2-7-15-22)29(30(26)32)23-16-8-3-9-17-23/h1-20H,31H2. The van der Waals surface area contributed by atoms with Crippen LogP contribution < -0.4 is 5.84 Å². The maximum atomic E-state index is 6.77. The molecule has 1 aromatic heterocycles. The fourth-order valence-corrected chi connectivity index (χ4v) is 4.80. The largest absolute Gasteiger partial charge is 0.339 e. The normalized spacial score (nSPS) is 11.2. The number of para-hydroxylation sites is 1. The molecule has 0 unspecified atom stereocenters. The predicted molar refractivity (Wildman–Crippen MR) is 136 cm³/mol. The Morgan fingerprint density at radius 2 is 0.969 bits per heavy atom. The zero-order valence-corrected chi connectivity index (χ0v) is 17.6. The van der Waals surface area contributed by atoms with Gasteiger partial charge in [0.2, 0.25) is 0 Å². The zero-order valence-electron chi connectivity index (χ0n) is 17.6. The Morgan fingerprint density at radius 3 is 1.59 bits per heavy atom. The lowest BCUT2D eigenvalue weighted by atomic mass is 9.85. The fourth-order valence-electron chi connectivity index (χ4n) is 4.80. The predicted octanol–water partition coefficient (Wildman–Crippen LogP) is 7.51. The number of rotatable bonds is 3. The highest BCUT2D eigenvalue weighted by Crippen LogP contribution is 2.46. The molecule has 2 heteroatoms. The highest BCUT2D eigenvalue weighted by atomic mass is 15.3. The molecule has 2 N–H and O–H groups in total. The van der Waals surface area contributed by atoms with E-state index in [0.29, 0.717) is 0 Å². The van der Waals surface area contributed by atoms with E-state index in [4.69, 9.17) is 5.84 Å². The highest BCUT2D eigenvalue weighted by molar-refractivity contribution is 6.18. The number of aromatic nitrogens is 1. The van der Waals surface area contributed by atoms with E-state index in [2.05, 4.69) is 115 Å². The van der Waals surface area contributed by atoms with Crippen LogP contribution in [-0.2, 0) is 0 Å². The molecule has 0 aliphatic carbocycles. The average molecular weight is 411 g/mol. The van der Waals surface area contributed by atoms with Crippen LogP contribution in [0, 0.1) is 0 Å². The van der Waals surface area contributed by atoms with Crippen molar-refractivity contribution in [3.05, 3.63) is 121 Å². The zero-order chi connectivity index (χ0) is 21.5. The molecule has 0 bridgehead atoms. The Balaban J connectivity index is 1.89. The van der Waals surface area contributed by atoms with E-state index in [1.165, 1.54) is 33.0 Å². The summed E-state index contributed by atoms with van der Waals surface area (Å²) in [4.78, 5) is 0. The van der Waals surface area contributed by atoms with Crippen LogP contribution in [0.5, 0.6) is 0 Å². The molecule has 152 valence electrons. The van der Waals surface area contributed by atoms with E-state index in [1.54, 1.807) is 0 Å². The van der Waals surface area contributed by atoms with Gasteiger partial charge in [0.1, 0.15) is 0 Å². The van der Waals surface area contributed by atoms with E-state index < -0.39 is 0 Å². The summed E-state index contributed by atoms with van der Waals surface area (Å²) >= 11 is 0. The van der Waals surface area contributed by atoms with E-state index in [-0.39, 0.29) is 0 Å². The highest BCUT2D eigenvalue weighted by Gasteiger charge is 2.22. The summed E-state index contributed by atoms with van der Waals surface area (Å²) in [6.07, 6.45) is 0. The Hall–Kier alpha value is -4.30. The van der Waals surface area contributed by atoms with Gasteiger partial charge in [-0.15, -0.1) is 0 Å². The fraction of sp³-hybridized carbons (Fsp3) is 0. The van der Waals surface area contributed by atoms with Crippen molar-refractivity contribution in [1.29, 1.82) is 0 Å². The third-order valence-electron chi connectivity index (χ3n) is 6.20. The molecular weight excluding hydrogens is 388 g/mol. The Bertz CT molecular complexity index is 1550. The summed E-state index contributed by atoms with van der Waals surface area (Å²) in [6.45, 7) is 0. The van der Waals surface area contributed by atoms with Crippen LogP contribution in [0.4, 0.5) is 0 Å². The van der Waals surface area contributed by atoms with E-state index in [0.717, 1.165) is 22.2 Å². The van der Waals surface area contributed by atoms with Gasteiger partial charge in [0, 0.05) is 16.3 Å². The molecule has 6 rings (SSSR count). The van der Waals surface area contributed by atoms with Crippen LogP contribution in [-0.4, -0.2) is 4.68 Å². The van der Waals surface area contributed by atoms with Crippen LogP contribution in [0.3, 0.4) is 0 Å². The summed E-state index contributed by atoms with van der Waals surface area (Å²) in [7, 11) is 0. The smallest absolute Gasteiger partial charge is 0.0788 e. The van der Waals surface area contributed by atoms with E-state index in [1.807, 2.05) is 10.7 Å². The molecule has 6 aromatic rings. The van der Waals surface area contributed by atoms with E-state index in [9.17, 15) is 0 Å². The molecule has 2 nitrogen and oxygen atoms in total. The van der Waals surface area contributed by atoms with Crippen LogP contribution in [0.1, 0.15) is 0 Å². The molecule has 0 fully saturated rings. The third-order valence-corrected chi connectivity index (χ3v) is 6.20. The number of nitrogen functional groups attached to an aromatic ring is 1. The molecule has 0 aliphatic rings. The number of nitrogens with two attached hydrogens (primary N) is 1. The van der Waals surface area contributed by atoms with Crippen LogP contribution in [0.2, 0.25) is 0 Å². The van der Waals surface area contributed by atoms with Crippen molar-refractivity contribution in [3.8, 4) is 33.4 Å². The van der Waals surface area contributed by atoms with E-state index >= 15 is 0 Å². The van der Waals surface area contributed by atoms with Gasteiger partial charge >= 0.3 is 0 Å². The lowest BCUT2D eigenvalue weighted by Crippen LogP contribution is -2.08. The molecule has 5 aromatic carbocycles. The Kier molecular flexibility index (Phi) is 4.29. The lowest BCUT2D eigenvalue weighted by Gasteiger charge is -2.19. The number of nitrogens with zero attached hydrogens (tertiary/aromatic N) is 1. The SMILES string of the molecule is Nn1c2ccccc2c2cc(-c3ccccc3)c(-c3ccccc3)c(-c3ccccc3)c21. The number of hydrogen-bond donors (Lipinski definition) is 1. The molecule has 0 atom stereocenters. The Morgan fingerprint density at radius 1 is 0.469 bits per heavy atom. The first kappa shape index (κ1) is 18.5. The van der Waals surface area contributed by atoms with Crippen LogP contribution >= 0.6 is 0 Å². The maximum absolute atomic E-state index is 6.77. The Labute approximate surface area is 187 Å². The van der Waals surface area contributed by atoms with Gasteiger partial charge in [-0.1, -0.05) is 109 Å². The summed E-state index contributed by atoms with van der Waals surface area (Å²) in [5.74, 6) is 6.77. The quantitative estimate of drug-likeness (QED) is 0.301. The first-order valence-corrected chi connectivity index (χ1v) is 10.8. The first-order chi connectivity index (χ1) is 15.8. The van der Waals surface area contributed by atoms with Gasteiger partial charge in [-0.05, 0) is 39.9 Å². The second kappa shape index (κ2) is 7.44. The molecule has 0 saturated heterocycles. The summed E-state index contributed by atoms with van der Waals surface area (Å²) in [5.41, 5.74) is 9.18. The molecule has 0 aliphatic heterocycles. The number of benzene rings is 5. The third kappa shape index (κ3) is 2.81. The van der Waals surface area contributed by atoms with Crippen molar-refractivity contribution in [2.75, 3.05) is 5.84 Å². The van der Waals surface area contributed by atoms with Crippen molar-refractivity contribution in [1.82, 2.24) is 4.68 Å². The molecule has 0 spiro atoms. The van der Waals surface area contributed by atoms with Gasteiger partial charge in [0.15, 0.2) is 0 Å². The molecular formula is C30H22N2. The maximum Gasteiger partial charge on any atom is 0.0788 e. The summed E-state index contributed by atoms with van der Waals surface area (Å²) in [6, 6.07) is 42.5. The minimum absolute atomic E-state index is 1.03. The molecule has 32 heavy (non-hydrogen) atoms. The monoisotopic (exact) mass is 410 g/mol. The lowest BCUT2D eigenvalue weighted by molar-refractivity contribution is 1.12. The van der Waals surface area contributed by atoms with Crippen molar-refractivity contribution in [3.63, 3.8) is 0 Å². The second-order valence-electron chi connectivity index (χ2n) is 8.06. The van der Waals surface area contributed by atoms with Gasteiger partial charge in [-0.25, -0.2) is 0 Å². The number of fused-ring (bicyclic) bond motifs is 3. The van der Waals surface area contributed by atoms with Crippen molar-refractivity contribution in [2.24, 2.45) is 0 Å². The number of hydrogen-bond acceptors (Lipinski definition) is 1. The minimum Gasteiger partial charge on any atom is -0.339 e. The van der Waals surface area contributed by atoms with Gasteiger partial charge in [-0.2, -0.15) is 0 Å². The van der Waals surface area contributed by atoms with Gasteiger partial charge in [-0.3, -0.25) is 4.68 Å². The van der Waals surface area contributed by atoms with Crippen LogP contribution in [0.15, 0.2) is 121 Å². The van der Waals surface area contributed by atoms with Gasteiger partial charge in [0.25, 0.3) is 0 Å². The second-order valence-corrected chi connectivity index (χ2v) is 8.06. The average Bonchev–Trinajstić information content (AvgIpc) is 3.16. The molecule has 0 saturated carbocycles. The van der Waals surface area contributed by atoms with Crippen molar-refractivity contribution < 1.29 is 0 Å². The molecule has 1 heterocycles. The molecule has 0 radical (unpaired) electrons. The first-order valence-electron chi connectivity index (χ1n) is 10.8. The molecule has 0 amide bonds. The minimum atomic E-state index is 1.03.